The van der Waals surface area contributed by atoms with E-state index in [4.69, 9.17) is 0 Å². The van der Waals surface area contributed by atoms with Gasteiger partial charge in [-0.2, -0.15) is 5.26 Å². The maximum absolute atomic E-state index is 15.1. The van der Waals surface area contributed by atoms with Crippen molar-refractivity contribution in [2.24, 2.45) is 0 Å². The zero-order valence-corrected chi connectivity index (χ0v) is 19.6. The van der Waals surface area contributed by atoms with Crippen LogP contribution in [0.5, 0.6) is 0 Å². The molecule has 3 heterocycles. The van der Waals surface area contributed by atoms with Gasteiger partial charge in [0.2, 0.25) is 11.8 Å². The number of hydrogen-bond donors (Lipinski definition) is 1. The molecule has 0 radical (unpaired) electrons. The van der Waals surface area contributed by atoms with Gasteiger partial charge in [-0.15, -0.1) is 0 Å². The Balaban J connectivity index is 1.27. The van der Waals surface area contributed by atoms with E-state index in [0.717, 1.165) is 49.2 Å². The van der Waals surface area contributed by atoms with Crippen molar-refractivity contribution >= 4 is 17.7 Å². The first-order valence-corrected chi connectivity index (χ1v) is 12.0. The van der Waals surface area contributed by atoms with Crippen molar-refractivity contribution < 1.29 is 18.8 Å². The van der Waals surface area contributed by atoms with E-state index in [0.29, 0.717) is 16.7 Å². The molecule has 35 heavy (non-hydrogen) atoms. The van der Waals surface area contributed by atoms with Crippen LogP contribution in [0.15, 0.2) is 30.3 Å². The highest BCUT2D eigenvalue weighted by Gasteiger charge is 2.40. The van der Waals surface area contributed by atoms with Crippen LogP contribution in [-0.4, -0.2) is 46.7 Å². The largest absolute Gasteiger partial charge is 0.322 e. The summed E-state index contributed by atoms with van der Waals surface area (Å²) < 4.78 is 15.1. The quantitative estimate of drug-likeness (QED) is 0.688. The van der Waals surface area contributed by atoms with Crippen molar-refractivity contribution in [1.29, 1.82) is 5.26 Å². The average Bonchev–Trinajstić information content (AvgIpc) is 3.15. The standard InChI is InChI=1S/C27H27FN4O3/c1-16-18(13-29)3-2-4-19(16)14-31-9-7-17(8-10-31)21-11-20-15-32(27(35)22(20)12-23(21)28)24-5-6-25(33)30-26(24)34/h2-4,11-12,17,24H,5-10,14-15H2,1H3,(H,30,33,34). The summed E-state index contributed by atoms with van der Waals surface area (Å²) in [7, 11) is 0. The van der Waals surface area contributed by atoms with Gasteiger partial charge in [0.1, 0.15) is 11.9 Å². The Kier molecular flexibility index (Phi) is 6.12. The fourth-order valence-corrected chi connectivity index (χ4v) is 5.54. The molecule has 3 aliphatic heterocycles. The first kappa shape index (κ1) is 23.2. The van der Waals surface area contributed by atoms with Gasteiger partial charge in [0.15, 0.2) is 0 Å². The van der Waals surface area contributed by atoms with Crippen LogP contribution in [0.25, 0.3) is 0 Å². The van der Waals surface area contributed by atoms with Crippen LogP contribution in [-0.2, 0) is 22.7 Å². The first-order valence-electron chi connectivity index (χ1n) is 12.0. The lowest BCUT2D eigenvalue weighted by atomic mass is 9.87. The number of hydrogen-bond acceptors (Lipinski definition) is 5. The number of halogens is 1. The van der Waals surface area contributed by atoms with Gasteiger partial charge in [-0.05, 0) is 79.6 Å². The molecule has 2 aromatic rings. The molecule has 2 aromatic carbocycles. The van der Waals surface area contributed by atoms with E-state index >= 15 is 4.39 Å². The Morgan fingerprint density at radius 3 is 2.63 bits per heavy atom. The Morgan fingerprint density at radius 1 is 1.14 bits per heavy atom. The number of benzene rings is 2. The molecule has 0 spiro atoms. The fourth-order valence-electron chi connectivity index (χ4n) is 5.54. The highest BCUT2D eigenvalue weighted by atomic mass is 19.1. The van der Waals surface area contributed by atoms with Crippen molar-refractivity contribution in [2.75, 3.05) is 13.1 Å². The van der Waals surface area contributed by atoms with Gasteiger partial charge in [-0.25, -0.2) is 4.39 Å². The number of imide groups is 1. The molecular weight excluding hydrogens is 447 g/mol. The molecule has 2 fully saturated rings. The maximum Gasteiger partial charge on any atom is 0.255 e. The molecule has 180 valence electrons. The molecule has 3 amide bonds. The second-order valence-corrected chi connectivity index (χ2v) is 9.68. The highest BCUT2D eigenvalue weighted by Crippen LogP contribution is 2.35. The number of nitrogens with one attached hydrogen (secondary N) is 1. The smallest absolute Gasteiger partial charge is 0.255 e. The molecular formula is C27H27FN4O3. The van der Waals surface area contributed by atoms with Gasteiger partial charge in [-0.1, -0.05) is 18.2 Å². The highest BCUT2D eigenvalue weighted by molar-refractivity contribution is 6.05. The van der Waals surface area contributed by atoms with Crippen molar-refractivity contribution in [3.05, 3.63) is 69.5 Å². The summed E-state index contributed by atoms with van der Waals surface area (Å²) in [5.41, 5.74) is 4.51. The average molecular weight is 475 g/mol. The number of fused-ring (bicyclic) bond motifs is 1. The summed E-state index contributed by atoms with van der Waals surface area (Å²) in [4.78, 5) is 40.4. The van der Waals surface area contributed by atoms with Crippen LogP contribution < -0.4 is 5.32 Å². The summed E-state index contributed by atoms with van der Waals surface area (Å²) in [5, 5.41) is 11.6. The Hall–Kier alpha value is -3.57. The number of carbonyl (C=O) groups is 3. The zero-order chi connectivity index (χ0) is 24.7. The molecule has 0 saturated carbocycles. The summed E-state index contributed by atoms with van der Waals surface area (Å²) in [6.45, 7) is 4.62. The summed E-state index contributed by atoms with van der Waals surface area (Å²) >= 11 is 0. The number of piperidine rings is 2. The topological polar surface area (TPSA) is 93.5 Å². The third-order valence-corrected chi connectivity index (χ3v) is 7.63. The molecule has 0 aromatic heterocycles. The SMILES string of the molecule is Cc1c(C#N)cccc1CN1CCC(c2cc3c(cc2F)C(=O)N(C2CCC(=O)NC2=O)C3)CC1. The van der Waals surface area contributed by atoms with E-state index in [-0.39, 0.29) is 42.9 Å². The molecule has 0 bridgehead atoms. The molecule has 1 unspecified atom stereocenters. The lowest BCUT2D eigenvalue weighted by Crippen LogP contribution is -2.52. The van der Waals surface area contributed by atoms with E-state index in [1.165, 1.54) is 11.0 Å². The third-order valence-electron chi connectivity index (χ3n) is 7.63. The van der Waals surface area contributed by atoms with Crippen molar-refractivity contribution in [1.82, 2.24) is 15.1 Å². The Bertz CT molecular complexity index is 1260. The summed E-state index contributed by atoms with van der Waals surface area (Å²) in [6, 6.07) is 10.4. The monoisotopic (exact) mass is 474 g/mol. The van der Waals surface area contributed by atoms with Crippen molar-refractivity contribution in [3.63, 3.8) is 0 Å². The number of amides is 3. The van der Waals surface area contributed by atoms with Crippen molar-refractivity contribution in [3.8, 4) is 6.07 Å². The predicted octanol–water partition coefficient (Wildman–Crippen LogP) is 3.15. The minimum atomic E-state index is -0.703. The van der Waals surface area contributed by atoms with E-state index in [9.17, 15) is 19.6 Å². The maximum atomic E-state index is 15.1. The first-order chi connectivity index (χ1) is 16.9. The molecule has 5 rings (SSSR count). The van der Waals surface area contributed by atoms with E-state index in [2.05, 4.69) is 16.3 Å². The fraction of sp³-hybridized carbons (Fsp3) is 0.407. The lowest BCUT2D eigenvalue weighted by Gasteiger charge is -2.33. The zero-order valence-electron chi connectivity index (χ0n) is 19.6. The lowest BCUT2D eigenvalue weighted by molar-refractivity contribution is -0.136. The van der Waals surface area contributed by atoms with Crippen LogP contribution in [0.4, 0.5) is 4.39 Å². The molecule has 1 N–H and O–H groups in total. The molecule has 3 aliphatic rings. The Morgan fingerprint density at radius 2 is 1.91 bits per heavy atom. The summed E-state index contributed by atoms with van der Waals surface area (Å²) in [6.07, 6.45) is 2.08. The van der Waals surface area contributed by atoms with Crippen LogP contribution in [0, 0.1) is 24.1 Å². The van der Waals surface area contributed by atoms with Crippen LogP contribution in [0.2, 0.25) is 0 Å². The minimum Gasteiger partial charge on any atom is -0.322 e. The Labute approximate surface area is 203 Å². The van der Waals surface area contributed by atoms with Crippen molar-refractivity contribution in [2.45, 2.75) is 57.7 Å². The predicted molar refractivity (Wildman–Crippen MR) is 126 cm³/mol. The summed E-state index contributed by atoms with van der Waals surface area (Å²) in [5.74, 6) is -1.47. The van der Waals surface area contributed by atoms with E-state index in [1.54, 1.807) is 6.07 Å². The normalized spacial score (nSPS) is 21.1. The second kappa shape index (κ2) is 9.23. The number of likely N-dealkylation sites (tertiary alicyclic amines) is 1. The number of nitrogens with zero attached hydrogens (tertiary/aromatic N) is 3. The number of carbonyl (C=O) groups excluding carboxylic acids is 3. The van der Waals surface area contributed by atoms with Gasteiger partial charge in [0.05, 0.1) is 11.6 Å². The molecule has 0 aliphatic carbocycles. The molecule has 1 atom stereocenters. The molecule has 2 saturated heterocycles. The van der Waals surface area contributed by atoms with Gasteiger partial charge < -0.3 is 4.90 Å². The number of rotatable bonds is 4. The minimum absolute atomic E-state index is 0.0582. The molecule has 7 nitrogen and oxygen atoms in total. The van der Waals surface area contributed by atoms with Gasteiger partial charge in [0, 0.05) is 25.1 Å². The third kappa shape index (κ3) is 4.32. The number of nitriles is 1. The van der Waals surface area contributed by atoms with E-state index < -0.39 is 11.9 Å². The van der Waals surface area contributed by atoms with Crippen LogP contribution in [0.1, 0.15) is 69.8 Å². The molecule has 8 heteroatoms. The van der Waals surface area contributed by atoms with E-state index in [1.807, 2.05) is 25.1 Å². The second-order valence-electron chi connectivity index (χ2n) is 9.68. The van der Waals surface area contributed by atoms with Gasteiger partial charge in [-0.3, -0.25) is 24.6 Å². The van der Waals surface area contributed by atoms with Crippen LogP contribution >= 0.6 is 0 Å². The van der Waals surface area contributed by atoms with Gasteiger partial charge in [0.25, 0.3) is 5.91 Å². The van der Waals surface area contributed by atoms with Gasteiger partial charge >= 0.3 is 0 Å². The van der Waals surface area contributed by atoms with Crippen LogP contribution in [0.3, 0.4) is 0 Å².